The number of aryl methyl sites for hydroxylation is 1. The highest BCUT2D eigenvalue weighted by Crippen LogP contribution is 2.19. The number of amides is 1. The highest BCUT2D eigenvalue weighted by Gasteiger charge is 2.23. The van der Waals surface area contributed by atoms with Gasteiger partial charge >= 0.3 is 0 Å². The molecule has 1 aliphatic rings. The van der Waals surface area contributed by atoms with E-state index in [0.29, 0.717) is 6.42 Å². The number of halogens is 2. The summed E-state index contributed by atoms with van der Waals surface area (Å²) in [5.74, 6) is 1.05. The van der Waals surface area contributed by atoms with Crippen LogP contribution in [-0.4, -0.2) is 52.4 Å². The van der Waals surface area contributed by atoms with Gasteiger partial charge in [0, 0.05) is 56.6 Å². The molecule has 1 aromatic rings. The van der Waals surface area contributed by atoms with Crippen LogP contribution in [0.1, 0.15) is 26.1 Å². The van der Waals surface area contributed by atoms with Crippen molar-refractivity contribution in [2.75, 3.05) is 31.1 Å². The van der Waals surface area contributed by atoms with E-state index in [4.69, 9.17) is 5.73 Å². The van der Waals surface area contributed by atoms with Crippen LogP contribution < -0.4 is 10.6 Å². The first-order valence-corrected chi connectivity index (χ1v) is 7.48. The van der Waals surface area contributed by atoms with Gasteiger partial charge in [0.2, 0.25) is 11.0 Å². The zero-order valence-corrected chi connectivity index (χ0v) is 14.8. The van der Waals surface area contributed by atoms with E-state index < -0.39 is 0 Å². The molecule has 2 N–H and O–H groups in total. The van der Waals surface area contributed by atoms with Crippen molar-refractivity contribution in [1.29, 1.82) is 0 Å². The van der Waals surface area contributed by atoms with Crippen LogP contribution in [0.15, 0.2) is 0 Å². The molecular formula is C12H23Cl2N5OS. The van der Waals surface area contributed by atoms with Crippen LogP contribution >= 0.6 is 36.3 Å². The molecule has 0 aliphatic carbocycles. The number of hydrogen-bond acceptors (Lipinski definition) is 6. The Kier molecular flexibility index (Phi) is 9.12. The predicted molar refractivity (Wildman–Crippen MR) is 90.8 cm³/mol. The SMILES string of the molecule is CCc1nsc(N2CCN(C(=O)CC(C)N)CC2)n1.Cl.Cl. The van der Waals surface area contributed by atoms with Gasteiger partial charge in [-0.1, -0.05) is 6.92 Å². The summed E-state index contributed by atoms with van der Waals surface area (Å²) in [4.78, 5) is 20.5. The Morgan fingerprint density at radius 1 is 1.33 bits per heavy atom. The van der Waals surface area contributed by atoms with Gasteiger partial charge in [0.15, 0.2) is 0 Å². The minimum absolute atomic E-state index is 0. The quantitative estimate of drug-likeness (QED) is 0.881. The number of aromatic nitrogens is 2. The molecule has 6 nitrogen and oxygen atoms in total. The first-order chi connectivity index (χ1) is 9.10. The van der Waals surface area contributed by atoms with Gasteiger partial charge in [-0.2, -0.15) is 4.37 Å². The van der Waals surface area contributed by atoms with Crippen LogP contribution in [0.5, 0.6) is 0 Å². The predicted octanol–water partition coefficient (Wildman–Crippen LogP) is 1.33. The average molecular weight is 356 g/mol. The maximum atomic E-state index is 11.9. The smallest absolute Gasteiger partial charge is 0.224 e. The molecule has 1 amide bonds. The molecule has 1 fully saturated rings. The lowest BCUT2D eigenvalue weighted by Gasteiger charge is -2.34. The Bertz CT molecular complexity index is 435. The summed E-state index contributed by atoms with van der Waals surface area (Å²) >= 11 is 1.44. The van der Waals surface area contributed by atoms with Gasteiger partial charge in [-0.25, -0.2) is 4.98 Å². The largest absolute Gasteiger partial charge is 0.343 e. The normalized spacial score (nSPS) is 16.0. The number of hydrogen-bond donors (Lipinski definition) is 1. The van der Waals surface area contributed by atoms with Crippen molar-refractivity contribution in [2.45, 2.75) is 32.7 Å². The van der Waals surface area contributed by atoms with Crippen molar-refractivity contribution in [3.8, 4) is 0 Å². The second-order valence-corrected chi connectivity index (χ2v) is 5.63. The van der Waals surface area contributed by atoms with Crippen LogP contribution in [0.25, 0.3) is 0 Å². The number of carbonyl (C=O) groups excluding carboxylic acids is 1. The summed E-state index contributed by atoms with van der Waals surface area (Å²) < 4.78 is 4.30. The summed E-state index contributed by atoms with van der Waals surface area (Å²) in [7, 11) is 0. The topological polar surface area (TPSA) is 75.4 Å². The van der Waals surface area contributed by atoms with E-state index in [-0.39, 0.29) is 36.8 Å². The molecular weight excluding hydrogens is 333 g/mol. The fraction of sp³-hybridized carbons (Fsp3) is 0.750. The molecule has 0 saturated carbocycles. The van der Waals surface area contributed by atoms with E-state index in [1.807, 2.05) is 11.8 Å². The molecule has 0 spiro atoms. The standard InChI is InChI=1S/C12H21N5OS.2ClH/c1-3-10-14-12(19-15-10)17-6-4-16(5-7-17)11(18)8-9(2)13;;/h9H,3-8,13H2,1-2H3;2*1H. The van der Waals surface area contributed by atoms with E-state index in [1.165, 1.54) is 11.5 Å². The second kappa shape index (κ2) is 9.40. The highest BCUT2D eigenvalue weighted by atomic mass is 35.5. The molecule has 0 aromatic carbocycles. The monoisotopic (exact) mass is 355 g/mol. The van der Waals surface area contributed by atoms with E-state index in [1.54, 1.807) is 0 Å². The number of carbonyl (C=O) groups is 1. The van der Waals surface area contributed by atoms with E-state index in [0.717, 1.165) is 43.6 Å². The summed E-state index contributed by atoms with van der Waals surface area (Å²) in [5.41, 5.74) is 5.66. The molecule has 2 heterocycles. The molecule has 1 atom stereocenters. The first kappa shape index (κ1) is 20.4. The molecule has 122 valence electrons. The van der Waals surface area contributed by atoms with E-state index >= 15 is 0 Å². The van der Waals surface area contributed by atoms with Gasteiger partial charge in [-0.15, -0.1) is 24.8 Å². The molecule has 0 radical (unpaired) electrons. The van der Waals surface area contributed by atoms with Gasteiger partial charge in [-0.05, 0) is 6.92 Å². The lowest BCUT2D eigenvalue weighted by molar-refractivity contribution is -0.131. The highest BCUT2D eigenvalue weighted by molar-refractivity contribution is 7.09. The Morgan fingerprint density at radius 2 is 1.95 bits per heavy atom. The molecule has 1 aliphatic heterocycles. The van der Waals surface area contributed by atoms with Crippen LogP contribution in [0, 0.1) is 0 Å². The summed E-state index contributed by atoms with van der Waals surface area (Å²) in [6.07, 6.45) is 1.29. The van der Waals surface area contributed by atoms with Crippen molar-refractivity contribution >= 4 is 47.4 Å². The Morgan fingerprint density at radius 3 is 2.43 bits per heavy atom. The zero-order chi connectivity index (χ0) is 13.8. The van der Waals surface area contributed by atoms with Crippen molar-refractivity contribution in [3.05, 3.63) is 5.82 Å². The van der Waals surface area contributed by atoms with Gasteiger partial charge in [0.1, 0.15) is 5.82 Å². The van der Waals surface area contributed by atoms with Gasteiger partial charge in [0.25, 0.3) is 0 Å². The van der Waals surface area contributed by atoms with Crippen LogP contribution in [0.3, 0.4) is 0 Å². The Labute approximate surface area is 142 Å². The van der Waals surface area contributed by atoms with Crippen molar-refractivity contribution < 1.29 is 4.79 Å². The molecule has 1 saturated heterocycles. The van der Waals surface area contributed by atoms with Gasteiger partial charge < -0.3 is 15.5 Å². The fourth-order valence-electron chi connectivity index (χ4n) is 2.07. The summed E-state index contributed by atoms with van der Waals surface area (Å²) in [5, 5.41) is 0.969. The summed E-state index contributed by atoms with van der Waals surface area (Å²) in [6.45, 7) is 7.04. The lowest BCUT2D eigenvalue weighted by Crippen LogP contribution is -2.49. The van der Waals surface area contributed by atoms with Crippen LogP contribution in [-0.2, 0) is 11.2 Å². The number of nitrogens with zero attached hydrogens (tertiary/aromatic N) is 4. The third kappa shape index (κ3) is 5.58. The van der Waals surface area contributed by atoms with Gasteiger partial charge in [-0.3, -0.25) is 4.79 Å². The minimum Gasteiger partial charge on any atom is -0.343 e. The van der Waals surface area contributed by atoms with Crippen LogP contribution in [0.4, 0.5) is 5.13 Å². The third-order valence-corrected chi connectivity index (χ3v) is 3.99. The van der Waals surface area contributed by atoms with Crippen molar-refractivity contribution in [3.63, 3.8) is 0 Å². The third-order valence-electron chi connectivity index (χ3n) is 3.17. The average Bonchev–Trinajstić information content (AvgIpc) is 2.87. The Balaban J connectivity index is 0.00000200. The summed E-state index contributed by atoms with van der Waals surface area (Å²) in [6, 6.07) is -0.0687. The molecule has 21 heavy (non-hydrogen) atoms. The first-order valence-electron chi connectivity index (χ1n) is 6.71. The second-order valence-electron chi connectivity index (χ2n) is 4.90. The maximum absolute atomic E-state index is 11.9. The fourth-order valence-corrected chi connectivity index (χ4v) is 2.87. The maximum Gasteiger partial charge on any atom is 0.224 e. The van der Waals surface area contributed by atoms with Crippen molar-refractivity contribution in [2.24, 2.45) is 5.73 Å². The molecule has 2 rings (SSSR count). The van der Waals surface area contributed by atoms with Gasteiger partial charge in [0.05, 0.1) is 0 Å². The number of anilines is 1. The lowest BCUT2D eigenvalue weighted by atomic mass is 10.2. The zero-order valence-electron chi connectivity index (χ0n) is 12.3. The molecule has 1 unspecified atom stereocenters. The minimum atomic E-state index is -0.0687. The molecule has 1 aromatic heterocycles. The van der Waals surface area contributed by atoms with Crippen molar-refractivity contribution in [1.82, 2.24) is 14.3 Å². The molecule has 9 heteroatoms. The number of piperazine rings is 1. The van der Waals surface area contributed by atoms with E-state index in [2.05, 4.69) is 21.2 Å². The molecule has 0 bridgehead atoms. The van der Waals surface area contributed by atoms with Crippen LogP contribution in [0.2, 0.25) is 0 Å². The number of nitrogens with two attached hydrogens (primary N) is 1. The van der Waals surface area contributed by atoms with E-state index in [9.17, 15) is 4.79 Å². The number of rotatable bonds is 4. The Hall–Kier alpha value is -0.630.